The Balaban J connectivity index is 2.08. The van der Waals surface area contributed by atoms with E-state index in [4.69, 9.17) is 0 Å². The molecule has 0 aliphatic carbocycles. The van der Waals surface area contributed by atoms with Gasteiger partial charge >= 0.3 is 0 Å². The molecular formula is C20H22F2N2O2. The minimum absolute atomic E-state index is 0.113. The maximum absolute atomic E-state index is 13.8. The smallest absolute Gasteiger partial charge is 0.254 e. The predicted octanol–water partition coefficient (Wildman–Crippen LogP) is 3.60. The standard InChI is InChI=1S/C20H22F2N2O2/c1-12(2)18(24-19(25)16-6-4-5-7-17(16)22)20(26)23-13(3)14-8-10-15(21)11-9-14/h4-13,18H,1-3H3,(H,23,26)(H,24,25)/t13-,18+/m1/s1. The van der Waals surface area contributed by atoms with E-state index in [0.717, 1.165) is 5.56 Å². The molecule has 138 valence electrons. The average molecular weight is 360 g/mol. The van der Waals surface area contributed by atoms with Gasteiger partial charge in [-0.25, -0.2) is 8.78 Å². The molecule has 2 aromatic carbocycles. The van der Waals surface area contributed by atoms with Gasteiger partial charge in [-0.15, -0.1) is 0 Å². The molecule has 0 unspecified atom stereocenters. The van der Waals surface area contributed by atoms with Crippen LogP contribution in [0.2, 0.25) is 0 Å². The van der Waals surface area contributed by atoms with Crippen molar-refractivity contribution in [1.29, 1.82) is 0 Å². The lowest BCUT2D eigenvalue weighted by Gasteiger charge is -2.24. The Kier molecular flexibility index (Phi) is 6.44. The Morgan fingerprint density at radius 3 is 2.08 bits per heavy atom. The summed E-state index contributed by atoms with van der Waals surface area (Å²) in [6.45, 7) is 5.34. The van der Waals surface area contributed by atoms with Crippen LogP contribution in [0.25, 0.3) is 0 Å². The summed E-state index contributed by atoms with van der Waals surface area (Å²) in [6.07, 6.45) is 0. The van der Waals surface area contributed by atoms with Crippen molar-refractivity contribution in [2.45, 2.75) is 32.9 Å². The molecule has 2 rings (SSSR count). The fourth-order valence-electron chi connectivity index (χ4n) is 2.54. The normalized spacial score (nSPS) is 13.2. The van der Waals surface area contributed by atoms with E-state index in [0.29, 0.717) is 0 Å². The number of amides is 2. The maximum Gasteiger partial charge on any atom is 0.254 e. The van der Waals surface area contributed by atoms with Crippen molar-refractivity contribution in [3.8, 4) is 0 Å². The predicted molar refractivity (Wildman–Crippen MR) is 95.4 cm³/mol. The van der Waals surface area contributed by atoms with Crippen LogP contribution >= 0.6 is 0 Å². The third kappa shape index (κ3) is 4.88. The molecule has 0 bridgehead atoms. The van der Waals surface area contributed by atoms with Gasteiger partial charge in [0.1, 0.15) is 17.7 Å². The van der Waals surface area contributed by atoms with Crippen molar-refractivity contribution >= 4 is 11.8 Å². The van der Waals surface area contributed by atoms with Crippen LogP contribution in [0, 0.1) is 17.6 Å². The molecule has 2 N–H and O–H groups in total. The van der Waals surface area contributed by atoms with E-state index in [1.165, 1.54) is 30.3 Å². The molecule has 0 radical (unpaired) electrons. The van der Waals surface area contributed by atoms with Crippen molar-refractivity contribution in [3.63, 3.8) is 0 Å². The quantitative estimate of drug-likeness (QED) is 0.827. The SMILES string of the molecule is CC(C)[C@H](NC(=O)c1ccccc1F)C(=O)N[C@H](C)c1ccc(F)cc1. The summed E-state index contributed by atoms with van der Waals surface area (Å²) in [5, 5.41) is 5.39. The summed E-state index contributed by atoms with van der Waals surface area (Å²) in [6, 6.07) is 10.2. The minimum Gasteiger partial charge on any atom is -0.348 e. The Hall–Kier alpha value is -2.76. The molecule has 2 atom stereocenters. The number of rotatable bonds is 6. The lowest BCUT2D eigenvalue weighted by atomic mass is 10.0. The Morgan fingerprint density at radius 1 is 0.885 bits per heavy atom. The van der Waals surface area contributed by atoms with Crippen LogP contribution in [-0.2, 0) is 4.79 Å². The fourth-order valence-corrected chi connectivity index (χ4v) is 2.54. The zero-order valence-corrected chi connectivity index (χ0v) is 14.9. The molecule has 0 aromatic heterocycles. The molecule has 0 fully saturated rings. The van der Waals surface area contributed by atoms with E-state index in [-0.39, 0.29) is 29.2 Å². The molecule has 2 amide bonds. The topological polar surface area (TPSA) is 58.2 Å². The second-order valence-electron chi connectivity index (χ2n) is 6.46. The zero-order chi connectivity index (χ0) is 19.3. The molecule has 0 aliphatic rings. The minimum atomic E-state index is -0.829. The second-order valence-corrected chi connectivity index (χ2v) is 6.46. The van der Waals surface area contributed by atoms with Crippen molar-refractivity contribution in [3.05, 3.63) is 71.3 Å². The van der Waals surface area contributed by atoms with E-state index in [1.807, 2.05) is 0 Å². The number of carbonyl (C=O) groups excluding carboxylic acids is 2. The van der Waals surface area contributed by atoms with E-state index < -0.39 is 17.8 Å². The van der Waals surface area contributed by atoms with Gasteiger partial charge in [-0.2, -0.15) is 0 Å². The largest absolute Gasteiger partial charge is 0.348 e. The highest BCUT2D eigenvalue weighted by molar-refractivity contribution is 5.97. The Bertz CT molecular complexity index is 776. The first-order chi connectivity index (χ1) is 12.3. The van der Waals surface area contributed by atoms with Crippen LogP contribution in [0.4, 0.5) is 8.78 Å². The number of nitrogens with one attached hydrogen (secondary N) is 2. The zero-order valence-electron chi connectivity index (χ0n) is 14.9. The van der Waals surface area contributed by atoms with Crippen LogP contribution in [0.1, 0.15) is 42.7 Å². The molecule has 0 saturated carbocycles. The first kappa shape index (κ1) is 19.6. The van der Waals surface area contributed by atoms with Gasteiger partial charge in [-0.3, -0.25) is 9.59 Å². The van der Waals surface area contributed by atoms with Crippen molar-refractivity contribution in [2.24, 2.45) is 5.92 Å². The highest BCUT2D eigenvalue weighted by atomic mass is 19.1. The lowest BCUT2D eigenvalue weighted by Crippen LogP contribution is -2.50. The third-order valence-corrected chi connectivity index (χ3v) is 4.08. The van der Waals surface area contributed by atoms with Crippen molar-refractivity contribution < 1.29 is 18.4 Å². The number of hydrogen-bond donors (Lipinski definition) is 2. The summed E-state index contributed by atoms with van der Waals surface area (Å²) in [4.78, 5) is 24.9. The summed E-state index contributed by atoms with van der Waals surface area (Å²) in [5.41, 5.74) is 0.625. The van der Waals surface area contributed by atoms with E-state index >= 15 is 0 Å². The molecule has 2 aromatic rings. The van der Waals surface area contributed by atoms with Crippen molar-refractivity contribution in [2.75, 3.05) is 0 Å². The monoisotopic (exact) mass is 360 g/mol. The van der Waals surface area contributed by atoms with Crippen LogP contribution < -0.4 is 10.6 Å². The first-order valence-electron chi connectivity index (χ1n) is 8.41. The highest BCUT2D eigenvalue weighted by Crippen LogP contribution is 2.14. The van der Waals surface area contributed by atoms with Crippen LogP contribution in [0.15, 0.2) is 48.5 Å². The van der Waals surface area contributed by atoms with Crippen LogP contribution in [0.5, 0.6) is 0 Å². The lowest BCUT2D eigenvalue weighted by molar-refractivity contribution is -0.124. The average Bonchev–Trinajstić information content (AvgIpc) is 2.59. The number of carbonyl (C=O) groups is 2. The van der Waals surface area contributed by atoms with E-state index in [2.05, 4.69) is 10.6 Å². The van der Waals surface area contributed by atoms with Crippen LogP contribution in [-0.4, -0.2) is 17.9 Å². The summed E-state index contributed by atoms with van der Waals surface area (Å²) in [5.74, 6) is -2.24. The van der Waals surface area contributed by atoms with Gasteiger partial charge < -0.3 is 10.6 Å². The Labute approximate surface area is 151 Å². The van der Waals surface area contributed by atoms with Gasteiger partial charge in [0.25, 0.3) is 5.91 Å². The van der Waals surface area contributed by atoms with E-state index in [1.54, 1.807) is 39.0 Å². The molecule has 0 aliphatic heterocycles. The Morgan fingerprint density at radius 2 is 1.50 bits per heavy atom. The number of benzene rings is 2. The molecular weight excluding hydrogens is 338 g/mol. The number of hydrogen-bond acceptors (Lipinski definition) is 2. The third-order valence-electron chi connectivity index (χ3n) is 4.08. The number of halogens is 2. The summed E-state index contributed by atoms with van der Waals surface area (Å²) in [7, 11) is 0. The summed E-state index contributed by atoms with van der Waals surface area (Å²) >= 11 is 0. The van der Waals surface area contributed by atoms with Gasteiger partial charge in [-0.05, 0) is 42.7 Å². The van der Waals surface area contributed by atoms with Gasteiger partial charge in [0.05, 0.1) is 11.6 Å². The van der Waals surface area contributed by atoms with Crippen LogP contribution in [0.3, 0.4) is 0 Å². The second kappa shape index (κ2) is 8.56. The molecule has 0 heterocycles. The first-order valence-corrected chi connectivity index (χ1v) is 8.41. The summed E-state index contributed by atoms with van der Waals surface area (Å²) < 4.78 is 26.8. The molecule has 26 heavy (non-hydrogen) atoms. The van der Waals surface area contributed by atoms with E-state index in [9.17, 15) is 18.4 Å². The fraction of sp³-hybridized carbons (Fsp3) is 0.300. The van der Waals surface area contributed by atoms with Gasteiger partial charge in [0.2, 0.25) is 5.91 Å². The molecule has 6 heteroatoms. The van der Waals surface area contributed by atoms with Crippen molar-refractivity contribution in [1.82, 2.24) is 10.6 Å². The van der Waals surface area contributed by atoms with Gasteiger partial charge in [0, 0.05) is 0 Å². The molecule has 0 saturated heterocycles. The molecule has 0 spiro atoms. The maximum atomic E-state index is 13.8. The highest BCUT2D eigenvalue weighted by Gasteiger charge is 2.26. The van der Waals surface area contributed by atoms with Gasteiger partial charge in [0.15, 0.2) is 0 Å². The molecule has 4 nitrogen and oxygen atoms in total. The van der Waals surface area contributed by atoms with Gasteiger partial charge in [-0.1, -0.05) is 38.1 Å².